The Morgan fingerprint density at radius 1 is 1.03 bits per heavy atom. The first-order chi connectivity index (χ1) is 14.9. The van der Waals surface area contributed by atoms with E-state index < -0.39 is 17.8 Å². The van der Waals surface area contributed by atoms with Crippen LogP contribution in [0.15, 0.2) is 54.2 Å². The monoisotopic (exact) mass is 417 g/mol. The Labute approximate surface area is 179 Å². The molecule has 0 radical (unpaired) electrons. The van der Waals surface area contributed by atoms with Crippen molar-refractivity contribution in [2.24, 2.45) is 0 Å². The van der Waals surface area contributed by atoms with E-state index >= 15 is 0 Å². The van der Waals surface area contributed by atoms with Gasteiger partial charge in [0.05, 0.1) is 6.54 Å². The zero-order chi connectivity index (χ0) is 22.0. The summed E-state index contributed by atoms with van der Waals surface area (Å²) in [5.41, 5.74) is 3.97. The summed E-state index contributed by atoms with van der Waals surface area (Å²) in [5, 5.41) is 5.09. The van der Waals surface area contributed by atoms with E-state index in [0.717, 1.165) is 28.6 Å². The van der Waals surface area contributed by atoms with Crippen molar-refractivity contribution in [1.82, 2.24) is 15.2 Å². The number of aromatic nitrogens is 1. The van der Waals surface area contributed by atoms with Gasteiger partial charge in [0.1, 0.15) is 17.9 Å². The summed E-state index contributed by atoms with van der Waals surface area (Å²) in [7, 11) is 0. The van der Waals surface area contributed by atoms with E-state index in [1.54, 1.807) is 0 Å². The molecule has 158 valence electrons. The highest BCUT2D eigenvalue weighted by Crippen LogP contribution is 2.24. The Kier molecular flexibility index (Phi) is 5.58. The lowest BCUT2D eigenvalue weighted by Gasteiger charge is -2.13. The number of nitrogens with zero attached hydrogens (tertiary/aromatic N) is 1. The Hall–Kier alpha value is -3.87. The lowest BCUT2D eigenvalue weighted by molar-refractivity contribution is -0.123. The predicted molar refractivity (Wildman–Crippen MR) is 118 cm³/mol. The third kappa shape index (κ3) is 4.35. The number of imide groups is 2. The summed E-state index contributed by atoms with van der Waals surface area (Å²) in [5.74, 6) is -0.573. The molecule has 0 spiro atoms. The van der Waals surface area contributed by atoms with Gasteiger partial charge in [-0.2, -0.15) is 0 Å². The Bertz CT molecular complexity index is 1200. The molecule has 2 N–H and O–H groups in total. The summed E-state index contributed by atoms with van der Waals surface area (Å²) in [6.45, 7) is 5.23. The van der Waals surface area contributed by atoms with Crippen molar-refractivity contribution in [2.45, 2.75) is 26.8 Å². The first-order valence-electron chi connectivity index (χ1n) is 10.1. The normalized spacial score (nSPS) is 13.9. The molecule has 2 heterocycles. The minimum Gasteiger partial charge on any atom is -0.492 e. The number of benzene rings is 2. The van der Waals surface area contributed by atoms with Gasteiger partial charge in [-0.1, -0.05) is 31.2 Å². The quantitative estimate of drug-likeness (QED) is 0.476. The molecule has 1 aromatic heterocycles. The number of ether oxygens (including phenoxy) is 1. The minimum atomic E-state index is -0.811. The molecule has 3 aromatic rings. The Balaban J connectivity index is 1.58. The number of carbonyl (C=O) groups is 3. The molecular weight excluding hydrogens is 394 g/mol. The fraction of sp³-hybridized carbons (Fsp3) is 0.208. The Morgan fingerprint density at radius 3 is 2.52 bits per heavy atom. The molecule has 0 unspecified atom stereocenters. The van der Waals surface area contributed by atoms with Gasteiger partial charge in [0.25, 0.3) is 11.8 Å². The van der Waals surface area contributed by atoms with E-state index in [-0.39, 0.29) is 5.57 Å². The van der Waals surface area contributed by atoms with Crippen molar-refractivity contribution in [1.29, 1.82) is 0 Å². The molecule has 1 aliphatic rings. The van der Waals surface area contributed by atoms with E-state index in [1.165, 1.54) is 11.6 Å². The molecule has 0 atom stereocenters. The number of carbonyl (C=O) groups excluding carboxylic acids is 3. The van der Waals surface area contributed by atoms with Crippen LogP contribution in [-0.2, 0) is 22.6 Å². The highest BCUT2D eigenvalue weighted by molar-refractivity contribution is 6.31. The molecule has 4 rings (SSSR count). The molecule has 4 amide bonds. The zero-order valence-electron chi connectivity index (χ0n) is 17.4. The van der Waals surface area contributed by atoms with E-state index in [9.17, 15) is 14.4 Å². The molecular formula is C24H23N3O4. The predicted octanol–water partition coefficient (Wildman–Crippen LogP) is 3.34. The van der Waals surface area contributed by atoms with Crippen molar-refractivity contribution in [2.75, 3.05) is 6.61 Å². The van der Waals surface area contributed by atoms with Crippen molar-refractivity contribution >= 4 is 34.8 Å². The van der Waals surface area contributed by atoms with Crippen molar-refractivity contribution in [3.05, 3.63) is 70.9 Å². The third-order valence-electron chi connectivity index (χ3n) is 5.18. The van der Waals surface area contributed by atoms with Crippen molar-refractivity contribution < 1.29 is 19.1 Å². The van der Waals surface area contributed by atoms with Gasteiger partial charge in [-0.25, -0.2) is 4.79 Å². The highest BCUT2D eigenvalue weighted by atomic mass is 16.5. The zero-order valence-corrected chi connectivity index (χ0v) is 17.4. The summed E-state index contributed by atoms with van der Waals surface area (Å²) >= 11 is 0. The molecule has 1 fully saturated rings. The fourth-order valence-electron chi connectivity index (χ4n) is 3.71. The number of rotatable bonds is 6. The van der Waals surface area contributed by atoms with Gasteiger partial charge in [-0.15, -0.1) is 0 Å². The minimum absolute atomic E-state index is 0.106. The largest absolute Gasteiger partial charge is 0.492 e. The van der Waals surface area contributed by atoms with Crippen LogP contribution in [-0.4, -0.2) is 29.0 Å². The third-order valence-corrected chi connectivity index (χ3v) is 5.18. The second-order valence-electron chi connectivity index (χ2n) is 7.45. The molecule has 1 aliphatic heterocycles. The van der Waals surface area contributed by atoms with Crippen LogP contribution in [0.3, 0.4) is 0 Å². The highest BCUT2D eigenvalue weighted by Gasteiger charge is 2.28. The number of fused-ring (bicyclic) bond motifs is 1. The number of amides is 4. The molecule has 0 bridgehead atoms. The molecule has 7 heteroatoms. The van der Waals surface area contributed by atoms with Gasteiger partial charge in [-0.05, 0) is 48.7 Å². The second-order valence-corrected chi connectivity index (χ2v) is 7.45. The van der Waals surface area contributed by atoms with E-state index in [0.29, 0.717) is 18.7 Å². The summed E-state index contributed by atoms with van der Waals surface area (Å²) < 4.78 is 8.02. The molecule has 0 saturated carbocycles. The smallest absolute Gasteiger partial charge is 0.328 e. The molecule has 0 aliphatic carbocycles. The van der Waals surface area contributed by atoms with Crippen LogP contribution >= 0.6 is 0 Å². The maximum Gasteiger partial charge on any atom is 0.328 e. The molecule has 7 nitrogen and oxygen atoms in total. The first kappa shape index (κ1) is 20.4. The first-order valence-corrected chi connectivity index (χ1v) is 10.1. The number of urea groups is 1. The van der Waals surface area contributed by atoms with Gasteiger partial charge in [0.2, 0.25) is 0 Å². The van der Waals surface area contributed by atoms with E-state index in [1.807, 2.05) is 41.1 Å². The van der Waals surface area contributed by atoms with Gasteiger partial charge in [0, 0.05) is 22.7 Å². The van der Waals surface area contributed by atoms with Gasteiger partial charge < -0.3 is 9.30 Å². The maximum atomic E-state index is 12.1. The maximum absolute atomic E-state index is 12.1. The lowest BCUT2D eigenvalue weighted by atomic mass is 10.1. The average Bonchev–Trinajstić information content (AvgIpc) is 3.08. The van der Waals surface area contributed by atoms with E-state index in [4.69, 9.17) is 4.74 Å². The van der Waals surface area contributed by atoms with E-state index in [2.05, 4.69) is 36.6 Å². The topological polar surface area (TPSA) is 89.4 Å². The van der Waals surface area contributed by atoms with Crippen LogP contribution in [0.1, 0.15) is 23.6 Å². The summed E-state index contributed by atoms with van der Waals surface area (Å²) in [4.78, 5) is 35.5. The van der Waals surface area contributed by atoms with Gasteiger partial charge >= 0.3 is 6.03 Å². The SMILES string of the molecule is CCc1cc(C)cc(OCCn2cc(C=C3C(=O)NC(=O)NC3=O)c3ccccc32)c1. The Morgan fingerprint density at radius 2 is 1.77 bits per heavy atom. The van der Waals surface area contributed by atoms with Crippen molar-refractivity contribution in [3.8, 4) is 5.75 Å². The molecule has 31 heavy (non-hydrogen) atoms. The van der Waals surface area contributed by atoms with Gasteiger partial charge in [-0.3, -0.25) is 20.2 Å². The van der Waals surface area contributed by atoms with Crippen LogP contribution in [0.4, 0.5) is 4.79 Å². The van der Waals surface area contributed by atoms with Crippen LogP contribution in [0.25, 0.3) is 17.0 Å². The number of barbiturate groups is 1. The summed E-state index contributed by atoms with van der Waals surface area (Å²) in [6.07, 6.45) is 4.33. The standard InChI is InChI=1S/C24H23N3O4/c1-3-16-10-15(2)11-18(12-16)31-9-8-27-14-17(19-6-4-5-7-21(19)27)13-20-22(28)25-24(30)26-23(20)29/h4-7,10-14H,3,8-9H2,1-2H3,(H2,25,26,28,29,30). The second kappa shape index (κ2) is 8.47. The number of aryl methyl sites for hydroxylation is 2. The van der Waals surface area contributed by atoms with Crippen LogP contribution < -0.4 is 15.4 Å². The number of para-hydroxylation sites is 1. The van der Waals surface area contributed by atoms with Gasteiger partial charge in [0.15, 0.2) is 0 Å². The van der Waals surface area contributed by atoms with Crippen LogP contribution in [0, 0.1) is 6.92 Å². The lowest BCUT2D eigenvalue weighted by Crippen LogP contribution is -2.51. The molecule has 2 aromatic carbocycles. The fourth-order valence-corrected chi connectivity index (χ4v) is 3.71. The van der Waals surface area contributed by atoms with Crippen molar-refractivity contribution in [3.63, 3.8) is 0 Å². The number of hydrogen-bond donors (Lipinski definition) is 2. The van der Waals surface area contributed by atoms with Crippen LogP contribution in [0.5, 0.6) is 5.75 Å². The van der Waals surface area contributed by atoms with Crippen LogP contribution in [0.2, 0.25) is 0 Å². The summed E-state index contributed by atoms with van der Waals surface area (Å²) in [6, 6.07) is 13.1. The number of hydrogen-bond acceptors (Lipinski definition) is 4. The average molecular weight is 417 g/mol. The molecule has 1 saturated heterocycles. The number of nitrogens with one attached hydrogen (secondary N) is 2.